The average molecular weight is 295 g/mol. The Morgan fingerprint density at radius 2 is 2.10 bits per heavy atom. The highest BCUT2D eigenvalue weighted by Gasteiger charge is 2.25. The van der Waals surface area contributed by atoms with Crippen molar-refractivity contribution in [1.29, 1.82) is 0 Å². The van der Waals surface area contributed by atoms with Crippen molar-refractivity contribution in [2.75, 3.05) is 48.0 Å². The lowest BCUT2D eigenvalue weighted by atomic mass is 10.1. The molecule has 0 aliphatic carbocycles. The van der Waals surface area contributed by atoms with Gasteiger partial charge < -0.3 is 14.9 Å². The fourth-order valence-corrected chi connectivity index (χ4v) is 2.64. The minimum atomic E-state index is 0.232. The number of nitrogen functional groups attached to an aromatic ring is 1. The molecule has 2 heterocycles. The molecule has 8 nitrogen and oxygen atoms in total. The molecule has 1 saturated heterocycles. The van der Waals surface area contributed by atoms with Gasteiger partial charge in [-0.1, -0.05) is 0 Å². The highest BCUT2D eigenvalue weighted by atomic mass is 16.3. The number of rotatable bonds is 7. The van der Waals surface area contributed by atoms with Crippen LogP contribution in [0.2, 0.25) is 0 Å². The zero-order valence-corrected chi connectivity index (χ0v) is 12.8. The maximum Gasteiger partial charge on any atom is 0.243 e. The maximum atomic E-state index is 9.05. The van der Waals surface area contributed by atoms with E-state index in [-0.39, 0.29) is 6.61 Å². The van der Waals surface area contributed by atoms with Crippen molar-refractivity contribution in [2.45, 2.75) is 26.7 Å². The van der Waals surface area contributed by atoms with Crippen LogP contribution >= 0.6 is 0 Å². The molecule has 1 aromatic heterocycles. The van der Waals surface area contributed by atoms with Gasteiger partial charge in [-0.15, -0.1) is 0 Å². The Balaban J connectivity index is 2.21. The minimum absolute atomic E-state index is 0.232. The van der Waals surface area contributed by atoms with Gasteiger partial charge in [0, 0.05) is 32.8 Å². The zero-order valence-electron chi connectivity index (χ0n) is 12.8. The molecule has 0 amide bonds. The lowest BCUT2D eigenvalue weighted by Crippen LogP contribution is -2.28. The molecule has 1 aliphatic rings. The molecule has 8 heteroatoms. The van der Waals surface area contributed by atoms with Gasteiger partial charge >= 0.3 is 0 Å². The summed E-state index contributed by atoms with van der Waals surface area (Å²) in [6.45, 7) is 7.79. The summed E-state index contributed by atoms with van der Waals surface area (Å²) in [7, 11) is 0. The molecular weight excluding hydrogens is 270 g/mol. The molecule has 118 valence electrons. The Labute approximate surface area is 125 Å². The van der Waals surface area contributed by atoms with Crippen LogP contribution in [-0.2, 0) is 0 Å². The summed E-state index contributed by atoms with van der Waals surface area (Å²) in [5.74, 6) is 7.65. The highest BCUT2D eigenvalue weighted by molar-refractivity contribution is 5.45. The number of hydrogen-bond acceptors (Lipinski definition) is 8. The molecule has 2 rings (SSSR count). The fourth-order valence-electron chi connectivity index (χ4n) is 2.64. The van der Waals surface area contributed by atoms with E-state index in [1.165, 1.54) is 0 Å². The molecule has 0 bridgehead atoms. The van der Waals surface area contributed by atoms with Crippen LogP contribution < -0.4 is 21.1 Å². The molecule has 0 aromatic carbocycles. The van der Waals surface area contributed by atoms with E-state index in [1.54, 1.807) is 0 Å². The molecule has 0 spiro atoms. The first-order valence-electron chi connectivity index (χ1n) is 7.55. The number of nitrogens with two attached hydrogens (primary N) is 1. The number of aliphatic hydroxyl groups excluding tert-OH is 1. The first-order chi connectivity index (χ1) is 10.2. The number of nitrogens with one attached hydrogen (secondary N) is 1. The molecule has 4 N–H and O–H groups in total. The van der Waals surface area contributed by atoms with Crippen LogP contribution in [0.1, 0.15) is 26.7 Å². The van der Waals surface area contributed by atoms with Crippen molar-refractivity contribution in [3.05, 3.63) is 0 Å². The lowest BCUT2D eigenvalue weighted by molar-refractivity contribution is 0.263. The van der Waals surface area contributed by atoms with Crippen molar-refractivity contribution >= 4 is 17.8 Å². The standard InChI is InChI=1S/C13H25N7O/c1-3-19(4-2)12-15-11(18-14)16-13(17-12)20-7-5-10(9-20)6-8-21/h10,21H,3-9,14H2,1-2H3,(H,15,16,17,18). The molecule has 21 heavy (non-hydrogen) atoms. The summed E-state index contributed by atoms with van der Waals surface area (Å²) in [5.41, 5.74) is 2.52. The average Bonchev–Trinajstić information content (AvgIpc) is 2.97. The summed E-state index contributed by atoms with van der Waals surface area (Å²) >= 11 is 0. The summed E-state index contributed by atoms with van der Waals surface area (Å²) in [6, 6.07) is 0. The van der Waals surface area contributed by atoms with Gasteiger partial charge in [0.15, 0.2) is 0 Å². The predicted molar refractivity (Wildman–Crippen MR) is 83.2 cm³/mol. The van der Waals surface area contributed by atoms with Crippen LogP contribution in [0.5, 0.6) is 0 Å². The van der Waals surface area contributed by atoms with Crippen molar-refractivity contribution in [3.63, 3.8) is 0 Å². The third kappa shape index (κ3) is 3.70. The summed E-state index contributed by atoms with van der Waals surface area (Å²) in [4.78, 5) is 17.4. The SMILES string of the molecule is CCN(CC)c1nc(NN)nc(N2CCC(CCO)C2)n1. The first-order valence-corrected chi connectivity index (χ1v) is 7.55. The normalized spacial score (nSPS) is 18.1. The predicted octanol–water partition coefficient (Wildman–Crippen LogP) is 0.212. The Kier molecular flexibility index (Phi) is 5.51. The van der Waals surface area contributed by atoms with E-state index in [0.29, 0.717) is 23.8 Å². The largest absolute Gasteiger partial charge is 0.396 e. The van der Waals surface area contributed by atoms with E-state index < -0.39 is 0 Å². The van der Waals surface area contributed by atoms with Gasteiger partial charge in [0.05, 0.1) is 0 Å². The molecule has 0 radical (unpaired) electrons. The van der Waals surface area contributed by atoms with Crippen LogP contribution in [-0.4, -0.2) is 52.8 Å². The molecular formula is C13H25N7O. The Hall–Kier alpha value is -1.67. The van der Waals surface area contributed by atoms with Crippen LogP contribution in [0.15, 0.2) is 0 Å². The quantitative estimate of drug-likeness (QED) is 0.484. The number of aliphatic hydroxyl groups is 1. The first kappa shape index (κ1) is 15.7. The number of aromatic nitrogens is 3. The van der Waals surface area contributed by atoms with Crippen molar-refractivity contribution in [1.82, 2.24) is 15.0 Å². The number of anilines is 3. The molecule has 0 saturated carbocycles. The van der Waals surface area contributed by atoms with E-state index in [2.05, 4.69) is 44.0 Å². The van der Waals surface area contributed by atoms with Crippen molar-refractivity contribution in [3.8, 4) is 0 Å². The highest BCUT2D eigenvalue weighted by Crippen LogP contribution is 2.24. The second-order valence-electron chi connectivity index (χ2n) is 5.19. The summed E-state index contributed by atoms with van der Waals surface area (Å²) in [5, 5.41) is 9.05. The molecule has 1 unspecified atom stereocenters. The molecule has 1 fully saturated rings. The van der Waals surface area contributed by atoms with Crippen molar-refractivity contribution < 1.29 is 5.11 Å². The van der Waals surface area contributed by atoms with Gasteiger partial charge in [-0.25, -0.2) is 5.84 Å². The van der Waals surface area contributed by atoms with Crippen LogP contribution in [0.4, 0.5) is 17.8 Å². The number of hydrazine groups is 1. The van der Waals surface area contributed by atoms with E-state index in [4.69, 9.17) is 10.9 Å². The third-order valence-corrected chi connectivity index (χ3v) is 3.89. The Bertz CT molecular complexity index is 452. The van der Waals surface area contributed by atoms with Gasteiger partial charge in [0.1, 0.15) is 0 Å². The second-order valence-corrected chi connectivity index (χ2v) is 5.19. The Morgan fingerprint density at radius 3 is 2.71 bits per heavy atom. The summed E-state index contributed by atoms with van der Waals surface area (Å²) in [6.07, 6.45) is 1.88. The number of hydrogen-bond donors (Lipinski definition) is 3. The van der Waals surface area contributed by atoms with Gasteiger partial charge in [0.2, 0.25) is 17.8 Å². The topological polar surface area (TPSA) is 103 Å². The van der Waals surface area contributed by atoms with Crippen molar-refractivity contribution in [2.24, 2.45) is 11.8 Å². The van der Waals surface area contributed by atoms with E-state index in [1.807, 2.05) is 0 Å². The third-order valence-electron chi connectivity index (χ3n) is 3.89. The second kappa shape index (κ2) is 7.37. The smallest absolute Gasteiger partial charge is 0.243 e. The van der Waals surface area contributed by atoms with Gasteiger partial charge in [0.25, 0.3) is 0 Å². The van der Waals surface area contributed by atoms with Crippen LogP contribution in [0.3, 0.4) is 0 Å². The zero-order chi connectivity index (χ0) is 15.2. The van der Waals surface area contributed by atoms with Gasteiger partial charge in [-0.3, -0.25) is 5.43 Å². The molecule has 1 atom stereocenters. The van der Waals surface area contributed by atoms with Gasteiger partial charge in [-0.05, 0) is 32.6 Å². The number of nitrogens with zero attached hydrogens (tertiary/aromatic N) is 5. The van der Waals surface area contributed by atoms with E-state index in [9.17, 15) is 0 Å². The van der Waals surface area contributed by atoms with E-state index >= 15 is 0 Å². The molecule has 1 aromatic rings. The van der Waals surface area contributed by atoms with Crippen LogP contribution in [0, 0.1) is 5.92 Å². The Morgan fingerprint density at radius 1 is 1.33 bits per heavy atom. The van der Waals surface area contributed by atoms with Crippen LogP contribution in [0.25, 0.3) is 0 Å². The minimum Gasteiger partial charge on any atom is -0.396 e. The van der Waals surface area contributed by atoms with E-state index in [0.717, 1.165) is 39.0 Å². The maximum absolute atomic E-state index is 9.05. The lowest BCUT2D eigenvalue weighted by Gasteiger charge is -2.22. The van der Waals surface area contributed by atoms with Gasteiger partial charge in [-0.2, -0.15) is 15.0 Å². The fraction of sp³-hybridized carbons (Fsp3) is 0.769. The monoisotopic (exact) mass is 295 g/mol. The summed E-state index contributed by atoms with van der Waals surface area (Å²) < 4.78 is 0. The molecule has 1 aliphatic heterocycles.